The van der Waals surface area contributed by atoms with E-state index in [9.17, 15) is 13.2 Å². The van der Waals surface area contributed by atoms with E-state index in [0.717, 1.165) is 49.8 Å². The van der Waals surface area contributed by atoms with Gasteiger partial charge in [-0.25, -0.2) is 22.9 Å². The minimum absolute atomic E-state index is 0.188. The van der Waals surface area contributed by atoms with E-state index in [-0.39, 0.29) is 15.2 Å². The second-order valence-electron chi connectivity index (χ2n) is 11.1. The highest BCUT2D eigenvalue weighted by molar-refractivity contribution is 7.99. The van der Waals surface area contributed by atoms with Crippen molar-refractivity contribution < 1.29 is 17.9 Å². The van der Waals surface area contributed by atoms with Crippen LogP contribution < -0.4 is 14.9 Å². The van der Waals surface area contributed by atoms with Crippen LogP contribution in [-0.4, -0.2) is 54.7 Å². The first-order valence-corrected chi connectivity index (χ1v) is 14.7. The number of pyridine rings is 1. The Labute approximate surface area is 212 Å². The number of nitrogens with one attached hydrogen (secondary N) is 2. The van der Waals surface area contributed by atoms with Gasteiger partial charge in [0.05, 0.1) is 10.4 Å². The number of benzene rings is 1. The molecule has 35 heavy (non-hydrogen) atoms. The Morgan fingerprint density at radius 2 is 1.77 bits per heavy atom. The molecule has 0 radical (unpaired) electrons. The summed E-state index contributed by atoms with van der Waals surface area (Å²) in [6.45, 7) is 11.2. The molecule has 2 N–H and O–H groups in total. The molecule has 0 bridgehead atoms. The van der Waals surface area contributed by atoms with E-state index in [2.05, 4.69) is 33.1 Å². The fourth-order valence-corrected chi connectivity index (χ4v) is 6.28. The molecule has 0 atom stereocenters. The molecule has 1 aromatic heterocycles. The van der Waals surface area contributed by atoms with Gasteiger partial charge in [-0.15, -0.1) is 0 Å². The number of piperidine rings is 1. The van der Waals surface area contributed by atoms with Crippen molar-refractivity contribution in [3.8, 4) is 0 Å². The van der Waals surface area contributed by atoms with Crippen molar-refractivity contribution in [3.63, 3.8) is 0 Å². The lowest BCUT2D eigenvalue weighted by Gasteiger charge is -2.40. The van der Waals surface area contributed by atoms with Gasteiger partial charge in [-0.2, -0.15) is 11.8 Å². The molecule has 2 aromatic rings. The lowest BCUT2D eigenvalue weighted by atomic mass is 9.97. The van der Waals surface area contributed by atoms with E-state index in [1.165, 1.54) is 0 Å². The SMILES string of the molecule is CSC1(C)CCN(c2cc(S(=O)(=O)NC3(C)CC3)cc3nc(NC(=O)OC(C)(C)C)ccc23)CC1. The third-order valence-corrected chi connectivity index (χ3v) is 9.75. The molecule has 8 nitrogen and oxygen atoms in total. The van der Waals surface area contributed by atoms with E-state index in [0.29, 0.717) is 11.3 Å². The zero-order valence-electron chi connectivity index (χ0n) is 21.4. The summed E-state index contributed by atoms with van der Waals surface area (Å²) in [6.07, 6.45) is 5.21. The molecule has 1 amide bonds. The van der Waals surface area contributed by atoms with Gasteiger partial charge < -0.3 is 9.64 Å². The van der Waals surface area contributed by atoms with Crippen molar-refractivity contribution in [1.29, 1.82) is 0 Å². The first kappa shape index (κ1) is 26.0. The van der Waals surface area contributed by atoms with Crippen molar-refractivity contribution >= 4 is 50.3 Å². The van der Waals surface area contributed by atoms with E-state index < -0.39 is 21.7 Å². The van der Waals surface area contributed by atoms with Gasteiger partial charge in [0.1, 0.15) is 11.4 Å². The van der Waals surface area contributed by atoms with Crippen LogP contribution in [0.1, 0.15) is 60.3 Å². The molecule has 1 saturated heterocycles. The van der Waals surface area contributed by atoms with Crippen LogP contribution in [0.3, 0.4) is 0 Å². The molecule has 0 spiro atoms. The summed E-state index contributed by atoms with van der Waals surface area (Å²) < 4.78 is 35.0. The first-order chi connectivity index (χ1) is 16.2. The van der Waals surface area contributed by atoms with Crippen LogP contribution in [0.4, 0.5) is 16.3 Å². The minimum atomic E-state index is -3.73. The maximum atomic E-state index is 13.3. The Morgan fingerprint density at radius 3 is 2.34 bits per heavy atom. The molecule has 2 heterocycles. The molecule has 1 aliphatic heterocycles. The summed E-state index contributed by atoms with van der Waals surface area (Å²) in [6, 6.07) is 6.96. The van der Waals surface area contributed by atoms with Gasteiger partial charge in [-0.3, -0.25) is 5.32 Å². The van der Waals surface area contributed by atoms with Gasteiger partial charge in [0.2, 0.25) is 10.0 Å². The Hall–Kier alpha value is -2.04. The van der Waals surface area contributed by atoms with Gasteiger partial charge in [-0.05, 0) is 83.9 Å². The number of sulfonamides is 1. The maximum absolute atomic E-state index is 13.3. The van der Waals surface area contributed by atoms with Crippen molar-refractivity contribution in [2.45, 2.75) is 81.1 Å². The summed E-state index contributed by atoms with van der Waals surface area (Å²) in [5.41, 5.74) is 0.339. The Morgan fingerprint density at radius 1 is 1.11 bits per heavy atom. The number of thioether (sulfide) groups is 1. The highest BCUT2D eigenvalue weighted by Crippen LogP contribution is 2.40. The van der Waals surface area contributed by atoms with Gasteiger partial charge in [0.15, 0.2) is 0 Å². The van der Waals surface area contributed by atoms with Crippen LogP contribution in [0.25, 0.3) is 10.9 Å². The molecular formula is C25H36N4O4S2. The number of aromatic nitrogens is 1. The fraction of sp³-hybridized carbons (Fsp3) is 0.600. The Balaban J connectivity index is 1.72. The molecule has 1 aliphatic carbocycles. The third kappa shape index (κ3) is 6.21. The lowest BCUT2D eigenvalue weighted by molar-refractivity contribution is 0.0635. The number of amides is 1. The highest BCUT2D eigenvalue weighted by atomic mass is 32.2. The summed E-state index contributed by atoms with van der Waals surface area (Å²) >= 11 is 1.88. The molecule has 1 saturated carbocycles. The summed E-state index contributed by atoms with van der Waals surface area (Å²) in [5.74, 6) is 0.308. The number of hydrogen-bond donors (Lipinski definition) is 2. The van der Waals surface area contributed by atoms with Crippen molar-refractivity contribution in [1.82, 2.24) is 9.71 Å². The van der Waals surface area contributed by atoms with E-state index in [1.54, 1.807) is 39.0 Å². The van der Waals surface area contributed by atoms with Gasteiger partial charge >= 0.3 is 6.09 Å². The molecule has 1 aromatic carbocycles. The number of hydrogen-bond acceptors (Lipinski definition) is 7. The monoisotopic (exact) mass is 520 g/mol. The average molecular weight is 521 g/mol. The molecular weight excluding hydrogens is 484 g/mol. The van der Waals surface area contributed by atoms with Crippen LogP contribution in [0.15, 0.2) is 29.2 Å². The quantitative estimate of drug-likeness (QED) is 0.544. The number of carbonyl (C=O) groups is 1. The maximum Gasteiger partial charge on any atom is 0.413 e. The highest BCUT2D eigenvalue weighted by Gasteiger charge is 2.41. The van der Waals surface area contributed by atoms with Gasteiger partial charge in [0.25, 0.3) is 0 Å². The minimum Gasteiger partial charge on any atom is -0.444 e. The molecule has 0 unspecified atom stereocenters. The van der Waals surface area contributed by atoms with Crippen LogP contribution in [0.5, 0.6) is 0 Å². The second-order valence-corrected chi connectivity index (χ2v) is 14.2. The lowest BCUT2D eigenvalue weighted by Crippen LogP contribution is -2.41. The smallest absolute Gasteiger partial charge is 0.413 e. The molecule has 4 rings (SSSR count). The third-order valence-electron chi connectivity index (χ3n) is 6.73. The Bertz CT molecular complexity index is 1230. The van der Waals surface area contributed by atoms with E-state index >= 15 is 0 Å². The predicted molar refractivity (Wildman–Crippen MR) is 143 cm³/mol. The zero-order chi connectivity index (χ0) is 25.6. The Kier molecular flexibility index (Phi) is 6.78. The predicted octanol–water partition coefficient (Wildman–Crippen LogP) is 5.13. The van der Waals surface area contributed by atoms with Crippen molar-refractivity contribution in [2.75, 3.05) is 29.6 Å². The number of carbonyl (C=O) groups excluding carboxylic acids is 1. The molecule has 10 heteroatoms. The van der Waals surface area contributed by atoms with Crippen molar-refractivity contribution in [3.05, 3.63) is 24.3 Å². The second kappa shape index (κ2) is 9.12. The summed E-state index contributed by atoms with van der Waals surface area (Å²) in [7, 11) is -3.73. The number of ether oxygens (including phenoxy) is 1. The molecule has 2 fully saturated rings. The largest absolute Gasteiger partial charge is 0.444 e. The van der Waals surface area contributed by atoms with Crippen LogP contribution >= 0.6 is 11.8 Å². The molecule has 192 valence electrons. The fourth-order valence-electron chi connectivity index (χ4n) is 4.18. The zero-order valence-corrected chi connectivity index (χ0v) is 23.0. The van der Waals surface area contributed by atoms with Gasteiger partial charge in [-0.1, -0.05) is 6.92 Å². The van der Waals surface area contributed by atoms with Crippen LogP contribution in [0, 0.1) is 0 Å². The summed E-state index contributed by atoms with van der Waals surface area (Å²) in [5, 5.41) is 3.51. The van der Waals surface area contributed by atoms with Crippen molar-refractivity contribution in [2.24, 2.45) is 0 Å². The topological polar surface area (TPSA) is 101 Å². The standard InChI is InChI=1S/C25H36N4O4S2/c1-23(2,3)33-22(30)27-21-8-7-18-19(26-21)15-17(35(31,32)28-24(4)9-10-24)16-20(18)29-13-11-25(5,34-6)12-14-29/h7-8,15-16,28H,9-14H2,1-6H3,(H,26,27,30). The van der Waals surface area contributed by atoms with E-state index in [1.807, 2.05) is 24.8 Å². The van der Waals surface area contributed by atoms with Crippen LogP contribution in [0.2, 0.25) is 0 Å². The first-order valence-electron chi connectivity index (χ1n) is 12.0. The van der Waals surface area contributed by atoms with Crippen LogP contribution in [-0.2, 0) is 14.8 Å². The number of fused-ring (bicyclic) bond motifs is 1. The normalized spacial score (nSPS) is 19.4. The van der Waals surface area contributed by atoms with E-state index in [4.69, 9.17) is 4.74 Å². The number of rotatable bonds is 6. The number of anilines is 2. The number of nitrogens with zero attached hydrogens (tertiary/aromatic N) is 2. The summed E-state index contributed by atoms with van der Waals surface area (Å²) in [4.78, 5) is 19.3. The molecule has 2 aliphatic rings. The average Bonchev–Trinajstić information content (AvgIpc) is 3.47. The van der Waals surface area contributed by atoms with Gasteiger partial charge in [0, 0.05) is 34.4 Å².